The molecule has 1 aromatic carbocycles. The largest absolute Gasteiger partial charge is 0.416 e. The molecule has 128 valence electrons. The molecule has 1 aromatic heterocycles. The van der Waals surface area contributed by atoms with Crippen molar-refractivity contribution in [3.8, 4) is 11.3 Å². The fourth-order valence-electron chi connectivity index (χ4n) is 2.78. The fourth-order valence-corrected chi connectivity index (χ4v) is 2.78. The SMILES string of the molecule is COC[C@H]1CCN(c2nncc(-c3ccc(C(F)(F)F)cc3)n2)C1. The second kappa shape index (κ2) is 6.72. The topological polar surface area (TPSA) is 51.1 Å². The van der Waals surface area contributed by atoms with Crippen LogP contribution in [0.4, 0.5) is 19.1 Å². The van der Waals surface area contributed by atoms with Crippen molar-refractivity contribution in [3.63, 3.8) is 0 Å². The van der Waals surface area contributed by atoms with Crippen LogP contribution in [-0.2, 0) is 10.9 Å². The smallest absolute Gasteiger partial charge is 0.384 e. The number of hydrogen-bond donors (Lipinski definition) is 0. The molecule has 3 rings (SSSR count). The number of nitrogens with zero attached hydrogens (tertiary/aromatic N) is 4. The molecule has 1 saturated heterocycles. The predicted molar refractivity (Wildman–Crippen MR) is 82.5 cm³/mol. The van der Waals surface area contributed by atoms with Crippen molar-refractivity contribution >= 4 is 5.95 Å². The third kappa shape index (κ3) is 3.64. The number of halogens is 3. The fraction of sp³-hybridized carbons (Fsp3) is 0.438. The Balaban J connectivity index is 1.78. The molecule has 5 nitrogen and oxygen atoms in total. The summed E-state index contributed by atoms with van der Waals surface area (Å²) in [7, 11) is 1.67. The first-order chi connectivity index (χ1) is 11.5. The molecule has 2 aromatic rings. The van der Waals surface area contributed by atoms with Crippen LogP contribution >= 0.6 is 0 Å². The summed E-state index contributed by atoms with van der Waals surface area (Å²) in [6, 6.07) is 4.88. The Morgan fingerprint density at radius 2 is 2.00 bits per heavy atom. The lowest BCUT2D eigenvalue weighted by Gasteiger charge is -2.16. The van der Waals surface area contributed by atoms with E-state index in [0.717, 1.165) is 31.6 Å². The number of ether oxygens (including phenoxy) is 1. The van der Waals surface area contributed by atoms with Crippen LogP contribution in [0, 0.1) is 5.92 Å². The minimum Gasteiger partial charge on any atom is -0.384 e. The Morgan fingerprint density at radius 3 is 2.67 bits per heavy atom. The zero-order chi connectivity index (χ0) is 17.2. The maximum absolute atomic E-state index is 12.6. The lowest BCUT2D eigenvalue weighted by Crippen LogP contribution is -2.23. The molecule has 0 bridgehead atoms. The summed E-state index contributed by atoms with van der Waals surface area (Å²) in [6.07, 6.45) is -1.91. The minimum atomic E-state index is -4.35. The van der Waals surface area contributed by atoms with Crippen LogP contribution in [0.5, 0.6) is 0 Å². The van der Waals surface area contributed by atoms with Gasteiger partial charge in [0, 0.05) is 31.7 Å². The maximum Gasteiger partial charge on any atom is 0.416 e. The summed E-state index contributed by atoms with van der Waals surface area (Å²) in [4.78, 5) is 6.46. The molecule has 1 aliphatic heterocycles. The highest BCUT2D eigenvalue weighted by atomic mass is 19.4. The molecular formula is C16H17F3N4O. The average Bonchev–Trinajstić information content (AvgIpc) is 3.03. The molecule has 0 amide bonds. The van der Waals surface area contributed by atoms with Gasteiger partial charge in [-0.25, -0.2) is 4.98 Å². The van der Waals surface area contributed by atoms with Gasteiger partial charge in [0.15, 0.2) is 0 Å². The van der Waals surface area contributed by atoms with E-state index in [-0.39, 0.29) is 0 Å². The molecule has 1 aliphatic rings. The van der Waals surface area contributed by atoms with Crippen molar-refractivity contribution in [3.05, 3.63) is 36.0 Å². The quantitative estimate of drug-likeness (QED) is 0.858. The third-order valence-corrected chi connectivity index (χ3v) is 4.03. The molecule has 1 fully saturated rings. The van der Waals surface area contributed by atoms with E-state index < -0.39 is 11.7 Å². The van der Waals surface area contributed by atoms with Crippen LogP contribution in [0.3, 0.4) is 0 Å². The van der Waals surface area contributed by atoms with E-state index >= 15 is 0 Å². The van der Waals surface area contributed by atoms with Gasteiger partial charge < -0.3 is 9.64 Å². The molecule has 24 heavy (non-hydrogen) atoms. The van der Waals surface area contributed by atoms with E-state index in [1.165, 1.54) is 18.3 Å². The van der Waals surface area contributed by atoms with E-state index in [4.69, 9.17) is 4.74 Å². The van der Waals surface area contributed by atoms with Crippen molar-refractivity contribution in [1.29, 1.82) is 0 Å². The number of aromatic nitrogens is 3. The van der Waals surface area contributed by atoms with Gasteiger partial charge in [0.05, 0.1) is 24.1 Å². The summed E-state index contributed by atoms with van der Waals surface area (Å²) in [6.45, 7) is 2.28. The first-order valence-corrected chi connectivity index (χ1v) is 7.58. The monoisotopic (exact) mass is 338 g/mol. The number of anilines is 1. The van der Waals surface area contributed by atoms with E-state index in [2.05, 4.69) is 15.2 Å². The molecule has 0 N–H and O–H groups in total. The van der Waals surface area contributed by atoms with E-state index in [1.807, 2.05) is 4.90 Å². The van der Waals surface area contributed by atoms with Gasteiger partial charge in [-0.1, -0.05) is 12.1 Å². The zero-order valence-electron chi connectivity index (χ0n) is 13.1. The summed E-state index contributed by atoms with van der Waals surface area (Å²) < 4.78 is 43.1. The number of hydrogen-bond acceptors (Lipinski definition) is 5. The van der Waals surface area contributed by atoms with Crippen LogP contribution in [0.2, 0.25) is 0 Å². The average molecular weight is 338 g/mol. The summed E-state index contributed by atoms with van der Waals surface area (Å²) in [5, 5.41) is 7.98. The molecule has 0 unspecified atom stereocenters. The second-order valence-corrected chi connectivity index (χ2v) is 5.77. The molecule has 0 spiro atoms. The van der Waals surface area contributed by atoms with E-state index in [0.29, 0.717) is 29.7 Å². The van der Waals surface area contributed by atoms with Gasteiger partial charge in [-0.2, -0.15) is 18.3 Å². The van der Waals surface area contributed by atoms with Crippen molar-refractivity contribution in [1.82, 2.24) is 15.2 Å². The van der Waals surface area contributed by atoms with E-state index in [1.54, 1.807) is 7.11 Å². The van der Waals surface area contributed by atoms with Crippen LogP contribution in [-0.4, -0.2) is 42.0 Å². The Labute approximate surface area is 137 Å². The summed E-state index contributed by atoms with van der Waals surface area (Å²) in [5.74, 6) is 0.916. The van der Waals surface area contributed by atoms with Crippen molar-refractivity contribution in [2.24, 2.45) is 5.92 Å². The molecule has 0 aliphatic carbocycles. The molecule has 1 atom stereocenters. The van der Waals surface area contributed by atoms with Crippen LogP contribution in [0.25, 0.3) is 11.3 Å². The molecule has 2 heterocycles. The van der Waals surface area contributed by atoms with Crippen LogP contribution in [0.1, 0.15) is 12.0 Å². The lowest BCUT2D eigenvalue weighted by molar-refractivity contribution is -0.137. The van der Waals surface area contributed by atoms with Gasteiger partial charge in [0.1, 0.15) is 0 Å². The number of rotatable bonds is 4. The normalized spacial score (nSPS) is 18.2. The Kier molecular flexibility index (Phi) is 4.66. The molecular weight excluding hydrogens is 321 g/mol. The number of benzene rings is 1. The van der Waals surface area contributed by atoms with Crippen molar-refractivity contribution < 1.29 is 17.9 Å². The van der Waals surface area contributed by atoms with Gasteiger partial charge in [-0.3, -0.25) is 0 Å². The van der Waals surface area contributed by atoms with Crippen LogP contribution in [0.15, 0.2) is 30.5 Å². The van der Waals surface area contributed by atoms with Crippen molar-refractivity contribution in [2.45, 2.75) is 12.6 Å². The van der Waals surface area contributed by atoms with Gasteiger partial charge >= 0.3 is 6.18 Å². The van der Waals surface area contributed by atoms with Gasteiger partial charge in [0.25, 0.3) is 0 Å². The number of methoxy groups -OCH3 is 1. The first-order valence-electron chi connectivity index (χ1n) is 7.58. The first kappa shape index (κ1) is 16.6. The highest BCUT2D eigenvalue weighted by molar-refractivity contribution is 5.59. The minimum absolute atomic E-state index is 0.424. The molecule has 0 radical (unpaired) electrons. The summed E-state index contributed by atoms with van der Waals surface area (Å²) >= 11 is 0. The zero-order valence-corrected chi connectivity index (χ0v) is 13.1. The van der Waals surface area contributed by atoms with Crippen molar-refractivity contribution in [2.75, 3.05) is 31.7 Å². The number of alkyl halides is 3. The van der Waals surface area contributed by atoms with E-state index in [9.17, 15) is 13.2 Å². The highest BCUT2D eigenvalue weighted by Gasteiger charge is 2.30. The highest BCUT2D eigenvalue weighted by Crippen LogP contribution is 2.31. The third-order valence-electron chi connectivity index (χ3n) is 4.03. The maximum atomic E-state index is 12.6. The van der Waals surface area contributed by atoms with Gasteiger partial charge in [-0.15, -0.1) is 5.10 Å². The predicted octanol–water partition coefficient (Wildman–Crippen LogP) is 3.03. The lowest BCUT2D eigenvalue weighted by atomic mass is 10.1. The summed E-state index contributed by atoms with van der Waals surface area (Å²) in [5.41, 5.74) is 0.395. The standard InChI is InChI=1S/C16H17F3N4O/c1-24-10-11-6-7-23(9-11)15-21-14(8-20-22-15)12-2-4-13(5-3-12)16(17,18)19/h2-5,8,11H,6-7,9-10H2,1H3/t11-/m0/s1. The Hall–Kier alpha value is -2.22. The molecule has 0 saturated carbocycles. The van der Waals surface area contributed by atoms with Crippen LogP contribution < -0.4 is 4.90 Å². The molecule has 8 heteroatoms. The Morgan fingerprint density at radius 1 is 1.25 bits per heavy atom. The Bertz CT molecular complexity index is 690. The van der Waals surface area contributed by atoms with Gasteiger partial charge in [-0.05, 0) is 18.6 Å². The van der Waals surface area contributed by atoms with Gasteiger partial charge in [0.2, 0.25) is 5.95 Å². The second-order valence-electron chi connectivity index (χ2n) is 5.77.